The molecular weight excluding hydrogens is 689 g/mol. The molecule has 1 N–H and O–H groups in total. The monoisotopic (exact) mass is 728 g/mol. The van der Waals surface area contributed by atoms with Crippen LogP contribution in [0.4, 0.5) is 19.0 Å². The van der Waals surface area contributed by atoms with Gasteiger partial charge in [-0.2, -0.15) is 0 Å². The number of methoxy groups -OCH3 is 1. The van der Waals surface area contributed by atoms with Crippen LogP contribution in [0.2, 0.25) is 0 Å². The molecule has 12 nitrogen and oxygen atoms in total. The molecule has 2 aliphatic heterocycles. The molecule has 0 radical (unpaired) electrons. The van der Waals surface area contributed by atoms with Crippen LogP contribution in [-0.2, 0) is 11.3 Å². The molecule has 53 heavy (non-hydrogen) atoms. The highest BCUT2D eigenvalue weighted by molar-refractivity contribution is 6.05. The van der Waals surface area contributed by atoms with Gasteiger partial charge in [-0.05, 0) is 60.7 Å². The fraction of sp³-hybridized carbons (Fsp3) is 0.342. The Kier molecular flexibility index (Phi) is 9.22. The van der Waals surface area contributed by atoms with E-state index in [9.17, 15) is 14.0 Å². The van der Waals surface area contributed by atoms with Gasteiger partial charge in [0, 0.05) is 82.1 Å². The lowest BCUT2D eigenvalue weighted by Gasteiger charge is -2.35. The van der Waals surface area contributed by atoms with Crippen molar-refractivity contribution in [2.45, 2.75) is 38.3 Å². The number of carbonyl (C=O) groups excluding carboxylic acids is 2. The molecule has 2 fully saturated rings. The summed E-state index contributed by atoms with van der Waals surface area (Å²) in [4.78, 5) is 40.1. The number of anilines is 1. The van der Waals surface area contributed by atoms with E-state index >= 15 is 8.78 Å². The van der Waals surface area contributed by atoms with Crippen LogP contribution in [0.25, 0.3) is 27.6 Å². The minimum atomic E-state index is -0.925. The number of ether oxygens (including phenoxy) is 2. The van der Waals surface area contributed by atoms with Gasteiger partial charge in [-0.1, -0.05) is 11.3 Å². The molecule has 1 saturated heterocycles. The van der Waals surface area contributed by atoms with Crippen molar-refractivity contribution in [3.8, 4) is 22.6 Å². The van der Waals surface area contributed by atoms with Gasteiger partial charge in [-0.25, -0.2) is 18.2 Å². The number of H-pyrrole nitrogens is 1. The van der Waals surface area contributed by atoms with Crippen LogP contribution in [0.15, 0.2) is 61.1 Å². The predicted octanol–water partition coefficient (Wildman–Crippen LogP) is 5.70. The minimum absolute atomic E-state index is 0. The van der Waals surface area contributed by atoms with E-state index in [0.29, 0.717) is 57.3 Å². The second kappa shape index (κ2) is 14.3. The fourth-order valence-electron chi connectivity index (χ4n) is 7.04. The Labute approximate surface area is 304 Å². The number of amides is 2. The van der Waals surface area contributed by atoms with Crippen LogP contribution in [-0.4, -0.2) is 99.1 Å². The highest BCUT2D eigenvalue weighted by atomic mass is 19.1. The van der Waals surface area contributed by atoms with E-state index < -0.39 is 17.5 Å². The normalized spacial score (nSPS) is 16.2. The van der Waals surface area contributed by atoms with E-state index in [1.165, 1.54) is 25.4 Å². The smallest absolute Gasteiger partial charge is 0.270 e. The first-order valence-electron chi connectivity index (χ1n) is 17.6. The first kappa shape index (κ1) is 34.2. The Morgan fingerprint density at radius 3 is 2.57 bits per heavy atom. The second-order valence-electron chi connectivity index (χ2n) is 13.4. The van der Waals surface area contributed by atoms with E-state index in [2.05, 4.69) is 25.2 Å². The standard InChI is InChI=1S/C38H37F3N8O4.H2/c1-52-36-29(18-24(39)19-30(36)40)27-20-26(23-4-3-11-48(22-23)33(50)8-12-49-13-10-43-45-49)34(41)35-28(27)21-31(44-35)38(51)47-16-14-46(15-17-47)37-32(5-2-9-42-37)53-25-6-7-25;/h2,4-5,9-10,13,18-21,25,44H,3,6-8,11-12,14-17,22H2,1H3;1H. The fourth-order valence-corrected chi connectivity index (χ4v) is 7.04. The number of carbonyl (C=O) groups is 2. The first-order chi connectivity index (χ1) is 25.8. The Balaban J connectivity index is 0.00000450. The number of nitrogens with one attached hydrogen (secondary N) is 1. The zero-order valence-electron chi connectivity index (χ0n) is 29.0. The van der Waals surface area contributed by atoms with Gasteiger partial charge < -0.3 is 29.2 Å². The van der Waals surface area contributed by atoms with Gasteiger partial charge in [-0.3, -0.25) is 14.3 Å². The molecule has 5 heterocycles. The Morgan fingerprint density at radius 1 is 0.981 bits per heavy atom. The number of piperazine rings is 1. The van der Waals surface area contributed by atoms with Crippen LogP contribution in [0.3, 0.4) is 0 Å². The number of hydrogen-bond donors (Lipinski definition) is 1. The summed E-state index contributed by atoms with van der Waals surface area (Å²) in [5, 5.41) is 7.93. The lowest BCUT2D eigenvalue weighted by Crippen LogP contribution is -2.49. The summed E-state index contributed by atoms with van der Waals surface area (Å²) in [6.07, 6.45) is 9.69. The second-order valence-corrected chi connectivity index (χ2v) is 13.4. The summed E-state index contributed by atoms with van der Waals surface area (Å²) >= 11 is 0. The maximum Gasteiger partial charge on any atom is 0.270 e. The predicted molar refractivity (Wildman–Crippen MR) is 192 cm³/mol. The van der Waals surface area contributed by atoms with Crippen LogP contribution in [0.1, 0.15) is 43.2 Å². The molecule has 8 rings (SSSR count). The van der Waals surface area contributed by atoms with Crippen molar-refractivity contribution in [2.24, 2.45) is 0 Å². The number of fused-ring (bicyclic) bond motifs is 1. The number of aromatic nitrogens is 5. The van der Waals surface area contributed by atoms with E-state index in [-0.39, 0.29) is 71.3 Å². The number of aryl methyl sites for hydroxylation is 1. The summed E-state index contributed by atoms with van der Waals surface area (Å²) in [5.41, 5.74) is 1.11. The SMILES string of the molecule is COc1c(F)cc(F)cc1-c1cc(C2=CCCN(C(=O)CCn3ccnn3)C2)c(F)c2[nH]c(C(=O)N3CCN(c4ncccc4OC4CC4)CC3)cc12.[HH]. The van der Waals surface area contributed by atoms with Crippen molar-refractivity contribution in [3.63, 3.8) is 0 Å². The number of halogens is 3. The molecule has 15 heteroatoms. The zero-order valence-corrected chi connectivity index (χ0v) is 29.0. The summed E-state index contributed by atoms with van der Waals surface area (Å²) in [5.74, 6) is -1.66. The maximum atomic E-state index is 16.7. The van der Waals surface area contributed by atoms with E-state index in [0.717, 1.165) is 30.5 Å². The molecule has 1 saturated carbocycles. The number of hydrogen-bond acceptors (Lipinski definition) is 8. The molecular formula is C38H39F3N8O4. The molecule has 2 amide bonds. The average Bonchev–Trinajstić information content (AvgIpc) is 3.61. The largest absolute Gasteiger partial charge is 0.493 e. The Hall–Kier alpha value is -5.86. The van der Waals surface area contributed by atoms with E-state index in [4.69, 9.17) is 9.47 Å². The van der Waals surface area contributed by atoms with Crippen LogP contribution in [0, 0.1) is 17.5 Å². The van der Waals surface area contributed by atoms with Gasteiger partial charge in [0.15, 0.2) is 29.0 Å². The summed E-state index contributed by atoms with van der Waals surface area (Å²) in [6.45, 7) is 2.69. The maximum absolute atomic E-state index is 16.7. The third-order valence-corrected chi connectivity index (χ3v) is 9.90. The molecule has 276 valence electrons. The van der Waals surface area contributed by atoms with Gasteiger partial charge in [0.05, 0.1) is 31.5 Å². The molecule has 3 aliphatic rings. The van der Waals surface area contributed by atoms with Crippen molar-refractivity contribution in [2.75, 3.05) is 51.3 Å². The Bertz CT molecular complexity index is 2220. The number of nitrogens with zero attached hydrogens (tertiary/aromatic N) is 7. The lowest BCUT2D eigenvalue weighted by atomic mass is 9.92. The topological polar surface area (TPSA) is 122 Å². The minimum Gasteiger partial charge on any atom is -0.493 e. The Morgan fingerprint density at radius 2 is 1.81 bits per heavy atom. The van der Waals surface area contributed by atoms with Crippen LogP contribution < -0.4 is 14.4 Å². The molecule has 0 atom stereocenters. The van der Waals surface area contributed by atoms with Gasteiger partial charge in [0.25, 0.3) is 5.91 Å². The van der Waals surface area contributed by atoms with Crippen molar-refractivity contribution in [3.05, 3.63) is 89.8 Å². The third-order valence-electron chi connectivity index (χ3n) is 9.90. The van der Waals surface area contributed by atoms with Crippen molar-refractivity contribution < 1.29 is 33.7 Å². The summed E-state index contributed by atoms with van der Waals surface area (Å²) in [7, 11) is 1.27. The van der Waals surface area contributed by atoms with Crippen LogP contribution >= 0.6 is 0 Å². The highest BCUT2D eigenvalue weighted by Crippen LogP contribution is 2.42. The van der Waals surface area contributed by atoms with Crippen molar-refractivity contribution in [1.82, 2.24) is 34.8 Å². The lowest BCUT2D eigenvalue weighted by molar-refractivity contribution is -0.131. The molecule has 2 aromatic carbocycles. The molecule has 3 aromatic heterocycles. The summed E-state index contributed by atoms with van der Waals surface area (Å²) < 4.78 is 59.6. The molecule has 0 unspecified atom stereocenters. The first-order valence-corrected chi connectivity index (χ1v) is 17.6. The van der Waals surface area contributed by atoms with E-state index in [1.807, 2.05) is 18.2 Å². The molecule has 0 spiro atoms. The van der Waals surface area contributed by atoms with Crippen molar-refractivity contribution in [1.29, 1.82) is 0 Å². The number of pyridine rings is 1. The number of rotatable bonds is 10. The van der Waals surface area contributed by atoms with Gasteiger partial charge >= 0.3 is 0 Å². The zero-order chi connectivity index (χ0) is 36.6. The molecule has 5 aromatic rings. The quantitative estimate of drug-likeness (QED) is 0.195. The van der Waals surface area contributed by atoms with Crippen LogP contribution in [0.5, 0.6) is 11.5 Å². The third kappa shape index (κ3) is 6.90. The van der Waals surface area contributed by atoms with Gasteiger partial charge in [0.1, 0.15) is 11.5 Å². The average molecular weight is 729 g/mol. The van der Waals surface area contributed by atoms with Crippen molar-refractivity contribution >= 4 is 34.1 Å². The molecule has 0 bridgehead atoms. The molecule has 1 aliphatic carbocycles. The highest BCUT2D eigenvalue weighted by Gasteiger charge is 2.31. The van der Waals surface area contributed by atoms with Gasteiger partial charge in [-0.15, -0.1) is 5.10 Å². The number of aromatic amines is 1. The van der Waals surface area contributed by atoms with E-state index in [1.54, 1.807) is 26.9 Å². The number of benzene rings is 2. The summed E-state index contributed by atoms with van der Waals surface area (Å²) in [6, 6.07) is 8.62. The van der Waals surface area contributed by atoms with Gasteiger partial charge in [0.2, 0.25) is 5.91 Å².